The Morgan fingerprint density at radius 2 is 2.31 bits per heavy atom. The molecular formula is C9H14N2O2. The zero-order valence-corrected chi connectivity index (χ0v) is 8.20. The number of ketones is 1. The first kappa shape index (κ1) is 9.77. The number of nitrogens with zero attached hydrogens (tertiary/aromatic N) is 2. The number of carbonyl (C=O) groups is 1. The van der Waals surface area contributed by atoms with E-state index in [0.29, 0.717) is 18.2 Å². The van der Waals surface area contributed by atoms with E-state index in [1.54, 1.807) is 10.7 Å². The number of hydrogen-bond acceptors (Lipinski definition) is 3. The Balaban J connectivity index is 0.000000396. The third-order valence-electron chi connectivity index (χ3n) is 1.66. The Kier molecular flexibility index (Phi) is 3.06. The van der Waals surface area contributed by atoms with Gasteiger partial charge in [-0.1, -0.05) is 13.8 Å². The number of Topliss-reactive ketones (excluding diaryl/α,β-unsaturated/α-hetero) is 1. The Hall–Kier alpha value is -1.32. The van der Waals surface area contributed by atoms with E-state index in [4.69, 9.17) is 4.74 Å². The zero-order valence-electron chi connectivity index (χ0n) is 8.20. The molecule has 0 spiro atoms. The maximum absolute atomic E-state index is 10.8. The van der Waals surface area contributed by atoms with Crippen LogP contribution in [0.3, 0.4) is 0 Å². The lowest BCUT2D eigenvalue weighted by molar-refractivity contribution is 0.101. The van der Waals surface area contributed by atoms with Gasteiger partial charge in [-0.2, -0.15) is 5.10 Å². The van der Waals surface area contributed by atoms with Crippen molar-refractivity contribution in [1.29, 1.82) is 0 Å². The molecule has 1 aliphatic heterocycles. The SMILES string of the molecule is CC.CC(=O)c1cc2n(n1)CCO2. The predicted molar refractivity (Wildman–Crippen MR) is 49.1 cm³/mol. The summed E-state index contributed by atoms with van der Waals surface area (Å²) in [7, 11) is 0. The van der Waals surface area contributed by atoms with E-state index in [0.717, 1.165) is 6.54 Å². The molecule has 0 saturated carbocycles. The highest BCUT2D eigenvalue weighted by Crippen LogP contribution is 2.18. The van der Waals surface area contributed by atoms with E-state index in [2.05, 4.69) is 5.10 Å². The highest BCUT2D eigenvalue weighted by Gasteiger charge is 2.16. The van der Waals surface area contributed by atoms with E-state index in [9.17, 15) is 4.79 Å². The zero-order chi connectivity index (χ0) is 9.84. The van der Waals surface area contributed by atoms with Gasteiger partial charge in [0.15, 0.2) is 5.78 Å². The maximum Gasteiger partial charge on any atom is 0.212 e. The van der Waals surface area contributed by atoms with E-state index in [1.165, 1.54) is 6.92 Å². The molecule has 0 fully saturated rings. The Morgan fingerprint density at radius 1 is 1.62 bits per heavy atom. The van der Waals surface area contributed by atoms with Gasteiger partial charge >= 0.3 is 0 Å². The van der Waals surface area contributed by atoms with Gasteiger partial charge in [-0.3, -0.25) is 4.79 Å². The molecule has 2 rings (SSSR count). The van der Waals surface area contributed by atoms with Crippen molar-refractivity contribution in [2.24, 2.45) is 0 Å². The van der Waals surface area contributed by atoms with Gasteiger partial charge < -0.3 is 4.74 Å². The van der Waals surface area contributed by atoms with E-state index in [1.807, 2.05) is 13.8 Å². The Morgan fingerprint density at radius 3 is 2.85 bits per heavy atom. The molecule has 1 aliphatic rings. The molecule has 1 aromatic heterocycles. The van der Waals surface area contributed by atoms with Crippen LogP contribution in [0, 0.1) is 0 Å². The minimum absolute atomic E-state index is 0.0181. The first-order chi connectivity index (χ1) is 6.27. The Labute approximate surface area is 77.5 Å². The van der Waals surface area contributed by atoms with Gasteiger partial charge in [0.1, 0.15) is 12.3 Å². The molecule has 1 aromatic rings. The normalized spacial score (nSPS) is 12.5. The minimum Gasteiger partial charge on any atom is -0.476 e. The molecule has 0 saturated heterocycles. The van der Waals surface area contributed by atoms with Crippen molar-refractivity contribution < 1.29 is 9.53 Å². The molecule has 4 heteroatoms. The summed E-state index contributed by atoms with van der Waals surface area (Å²) in [5.41, 5.74) is 0.486. The second-order valence-corrected chi connectivity index (χ2v) is 2.50. The predicted octanol–water partition coefficient (Wildman–Crippen LogP) is 1.50. The summed E-state index contributed by atoms with van der Waals surface area (Å²) in [6.45, 7) is 6.92. The van der Waals surface area contributed by atoms with Crippen LogP contribution in [0.4, 0.5) is 0 Å². The van der Waals surface area contributed by atoms with Crippen LogP contribution >= 0.6 is 0 Å². The van der Waals surface area contributed by atoms with E-state index in [-0.39, 0.29) is 5.78 Å². The number of carbonyl (C=O) groups excluding carboxylic acids is 1. The molecule has 0 atom stereocenters. The lowest BCUT2D eigenvalue weighted by Gasteiger charge is -1.87. The highest BCUT2D eigenvalue weighted by molar-refractivity contribution is 5.92. The van der Waals surface area contributed by atoms with Crippen LogP contribution < -0.4 is 4.74 Å². The average molecular weight is 182 g/mol. The fraction of sp³-hybridized carbons (Fsp3) is 0.556. The molecule has 13 heavy (non-hydrogen) atoms. The second kappa shape index (κ2) is 4.07. The molecule has 0 aromatic carbocycles. The van der Waals surface area contributed by atoms with Gasteiger partial charge in [-0.25, -0.2) is 4.68 Å². The smallest absolute Gasteiger partial charge is 0.212 e. The average Bonchev–Trinajstić information content (AvgIpc) is 2.65. The van der Waals surface area contributed by atoms with Gasteiger partial charge in [0, 0.05) is 13.0 Å². The monoisotopic (exact) mass is 182 g/mol. The molecule has 0 radical (unpaired) electrons. The number of hydrogen-bond donors (Lipinski definition) is 0. The van der Waals surface area contributed by atoms with Gasteiger partial charge in [-0.15, -0.1) is 0 Å². The molecule has 0 bridgehead atoms. The van der Waals surface area contributed by atoms with Crippen LogP contribution in [-0.4, -0.2) is 22.2 Å². The van der Waals surface area contributed by atoms with Crippen LogP contribution in [0.15, 0.2) is 6.07 Å². The molecule has 0 unspecified atom stereocenters. The Bertz CT molecular complexity index is 283. The van der Waals surface area contributed by atoms with Gasteiger partial charge in [0.2, 0.25) is 5.88 Å². The lowest BCUT2D eigenvalue weighted by Crippen LogP contribution is -2.00. The standard InChI is InChI=1S/C7H8N2O2.C2H6/c1-5(10)6-4-7-9(8-6)2-3-11-7;1-2/h4H,2-3H2,1H3;1-2H3. The molecule has 0 aliphatic carbocycles. The van der Waals surface area contributed by atoms with Crippen molar-refractivity contribution in [2.75, 3.05) is 6.61 Å². The summed E-state index contributed by atoms with van der Waals surface area (Å²) in [5, 5.41) is 4.03. The summed E-state index contributed by atoms with van der Waals surface area (Å²) in [6, 6.07) is 1.68. The number of rotatable bonds is 1. The van der Waals surface area contributed by atoms with Gasteiger partial charge in [0.05, 0.1) is 6.54 Å². The molecular weight excluding hydrogens is 168 g/mol. The van der Waals surface area contributed by atoms with Crippen molar-refractivity contribution in [3.05, 3.63) is 11.8 Å². The maximum atomic E-state index is 10.8. The molecule has 0 amide bonds. The van der Waals surface area contributed by atoms with Crippen molar-refractivity contribution >= 4 is 5.78 Å². The van der Waals surface area contributed by atoms with Crippen LogP contribution in [-0.2, 0) is 6.54 Å². The largest absolute Gasteiger partial charge is 0.476 e. The van der Waals surface area contributed by atoms with E-state index >= 15 is 0 Å². The first-order valence-corrected chi connectivity index (χ1v) is 4.49. The number of ether oxygens (including phenoxy) is 1. The summed E-state index contributed by atoms with van der Waals surface area (Å²) in [4.78, 5) is 10.8. The number of fused-ring (bicyclic) bond motifs is 1. The van der Waals surface area contributed by atoms with E-state index < -0.39 is 0 Å². The second-order valence-electron chi connectivity index (χ2n) is 2.50. The van der Waals surface area contributed by atoms with Crippen molar-refractivity contribution in [1.82, 2.24) is 9.78 Å². The van der Waals surface area contributed by atoms with Crippen molar-refractivity contribution in [3.63, 3.8) is 0 Å². The quantitative estimate of drug-likeness (QED) is 0.618. The highest BCUT2D eigenvalue weighted by atomic mass is 16.5. The topological polar surface area (TPSA) is 44.1 Å². The molecule has 4 nitrogen and oxygen atoms in total. The lowest BCUT2D eigenvalue weighted by atomic mass is 10.3. The van der Waals surface area contributed by atoms with Gasteiger partial charge in [0.25, 0.3) is 0 Å². The molecule has 2 heterocycles. The van der Waals surface area contributed by atoms with Crippen LogP contribution in [0.2, 0.25) is 0 Å². The summed E-state index contributed by atoms with van der Waals surface area (Å²) in [5.74, 6) is 0.686. The van der Waals surface area contributed by atoms with Crippen molar-refractivity contribution in [3.8, 4) is 5.88 Å². The summed E-state index contributed by atoms with van der Waals surface area (Å²) < 4.78 is 6.88. The van der Waals surface area contributed by atoms with Crippen LogP contribution in [0.1, 0.15) is 31.3 Å². The van der Waals surface area contributed by atoms with Crippen LogP contribution in [0.5, 0.6) is 5.88 Å². The molecule has 72 valence electrons. The summed E-state index contributed by atoms with van der Waals surface area (Å²) in [6.07, 6.45) is 0. The van der Waals surface area contributed by atoms with Crippen molar-refractivity contribution in [2.45, 2.75) is 27.3 Å². The number of aromatic nitrogens is 2. The fourth-order valence-corrected chi connectivity index (χ4v) is 1.08. The van der Waals surface area contributed by atoms with Gasteiger partial charge in [-0.05, 0) is 0 Å². The summed E-state index contributed by atoms with van der Waals surface area (Å²) >= 11 is 0. The minimum atomic E-state index is -0.0181. The van der Waals surface area contributed by atoms with Crippen LogP contribution in [0.25, 0.3) is 0 Å². The first-order valence-electron chi connectivity index (χ1n) is 4.49. The fourth-order valence-electron chi connectivity index (χ4n) is 1.08. The molecule has 0 N–H and O–H groups in total. The third kappa shape index (κ3) is 1.88. The third-order valence-corrected chi connectivity index (χ3v) is 1.66.